The van der Waals surface area contributed by atoms with Crippen LogP contribution in [0.4, 0.5) is 0 Å². The van der Waals surface area contributed by atoms with Gasteiger partial charge in [0, 0.05) is 25.2 Å². The molecule has 0 aliphatic carbocycles. The van der Waals surface area contributed by atoms with Gasteiger partial charge >= 0.3 is 0 Å². The molecule has 4 rings (SSSR count). The molecule has 0 aromatic heterocycles. The normalized spacial score (nSPS) is 29.3. The Morgan fingerprint density at radius 1 is 1.12 bits per heavy atom. The van der Waals surface area contributed by atoms with E-state index in [-0.39, 0.29) is 24.3 Å². The fourth-order valence-electron chi connectivity index (χ4n) is 7.48. The second-order valence-corrected chi connectivity index (χ2v) is 12.7. The van der Waals surface area contributed by atoms with E-state index in [1.165, 1.54) is 0 Å². The molecule has 6 atom stereocenters. The lowest BCUT2D eigenvalue weighted by Crippen LogP contribution is -2.61. The Morgan fingerprint density at radius 3 is 2.32 bits per heavy atom. The van der Waals surface area contributed by atoms with Gasteiger partial charge in [-0.1, -0.05) is 56.3 Å². The van der Waals surface area contributed by atoms with Gasteiger partial charge in [-0.3, -0.25) is 14.4 Å². The van der Waals surface area contributed by atoms with E-state index in [4.69, 9.17) is 4.74 Å². The maximum atomic E-state index is 14.6. The molecule has 0 saturated carbocycles. The highest BCUT2D eigenvalue weighted by Gasteiger charge is 2.79. The van der Waals surface area contributed by atoms with E-state index < -0.39 is 40.7 Å². The average molecular weight is 566 g/mol. The van der Waals surface area contributed by atoms with E-state index in [1.54, 1.807) is 26.9 Å². The van der Waals surface area contributed by atoms with Gasteiger partial charge in [0.25, 0.3) is 0 Å². The van der Waals surface area contributed by atoms with Gasteiger partial charge in [-0.25, -0.2) is 0 Å². The molecule has 3 fully saturated rings. The molecule has 3 heterocycles. The van der Waals surface area contributed by atoms with Crippen LogP contribution >= 0.6 is 0 Å². The number of fused-ring (bicyclic) bond motifs is 1. The third-order valence-corrected chi connectivity index (χ3v) is 9.46. The van der Waals surface area contributed by atoms with Crippen molar-refractivity contribution in [2.45, 2.75) is 95.7 Å². The molecule has 3 aliphatic heterocycles. The summed E-state index contributed by atoms with van der Waals surface area (Å²) in [5, 5.41) is 10.4. The first-order valence-electron chi connectivity index (χ1n) is 15.0. The number of hydrogen-bond acceptors (Lipinski definition) is 5. The van der Waals surface area contributed by atoms with Gasteiger partial charge in [0.1, 0.15) is 11.6 Å². The van der Waals surface area contributed by atoms with Crippen molar-refractivity contribution in [3.63, 3.8) is 0 Å². The Balaban J connectivity index is 1.83. The van der Waals surface area contributed by atoms with Gasteiger partial charge in [0.05, 0.1) is 30.1 Å². The molecule has 8 heteroatoms. The number of ether oxygens (including phenoxy) is 1. The molecule has 224 valence electrons. The third kappa shape index (κ3) is 5.03. The zero-order chi connectivity index (χ0) is 30.2. The molecule has 2 unspecified atom stereocenters. The minimum absolute atomic E-state index is 0.153. The van der Waals surface area contributed by atoms with Crippen molar-refractivity contribution in [2.24, 2.45) is 11.8 Å². The van der Waals surface area contributed by atoms with Gasteiger partial charge in [-0.15, -0.1) is 13.2 Å². The van der Waals surface area contributed by atoms with Gasteiger partial charge in [-0.2, -0.15) is 0 Å². The number of hydrogen-bond donors (Lipinski definition) is 1. The minimum atomic E-state index is -1.15. The molecule has 3 saturated heterocycles. The number of carbonyl (C=O) groups excluding carboxylic acids is 3. The lowest BCUT2D eigenvalue weighted by molar-refractivity contribution is -0.160. The van der Waals surface area contributed by atoms with Crippen molar-refractivity contribution >= 4 is 17.7 Å². The number of benzene rings is 1. The van der Waals surface area contributed by atoms with Crippen LogP contribution in [0.15, 0.2) is 55.6 Å². The molecule has 41 heavy (non-hydrogen) atoms. The van der Waals surface area contributed by atoms with Crippen molar-refractivity contribution in [1.82, 2.24) is 14.7 Å². The molecule has 1 spiro atoms. The summed E-state index contributed by atoms with van der Waals surface area (Å²) in [6.07, 6.45) is 5.50. The Labute approximate surface area is 245 Å². The lowest BCUT2D eigenvalue weighted by atomic mass is 9.64. The highest BCUT2D eigenvalue weighted by atomic mass is 16.5. The summed E-state index contributed by atoms with van der Waals surface area (Å²) >= 11 is 0. The fourth-order valence-corrected chi connectivity index (χ4v) is 7.48. The molecule has 1 aromatic carbocycles. The highest BCUT2D eigenvalue weighted by molar-refractivity contribution is 5.99. The monoisotopic (exact) mass is 565 g/mol. The number of aliphatic hydroxyl groups is 1. The summed E-state index contributed by atoms with van der Waals surface area (Å²) in [4.78, 5) is 48.7. The molecular weight excluding hydrogens is 518 g/mol. The highest BCUT2D eigenvalue weighted by Crippen LogP contribution is 2.65. The van der Waals surface area contributed by atoms with Gasteiger partial charge in [-0.05, 0) is 52.0 Å². The Bertz CT molecular complexity index is 1160. The quantitative estimate of drug-likeness (QED) is 0.388. The number of nitrogens with zero attached hydrogens (tertiary/aromatic N) is 3. The molecule has 1 aromatic rings. The van der Waals surface area contributed by atoms with Crippen molar-refractivity contribution in [3.05, 3.63) is 61.2 Å². The maximum absolute atomic E-state index is 14.6. The fraction of sp³-hybridized carbons (Fsp3) is 0.606. The van der Waals surface area contributed by atoms with Crippen LogP contribution in [0.1, 0.15) is 65.9 Å². The summed E-state index contributed by atoms with van der Waals surface area (Å²) in [7, 11) is 0. The summed E-state index contributed by atoms with van der Waals surface area (Å²) in [6, 6.07) is 8.26. The summed E-state index contributed by atoms with van der Waals surface area (Å²) < 4.78 is 6.96. The first-order chi connectivity index (χ1) is 19.5. The maximum Gasteiger partial charge on any atom is 0.249 e. The number of rotatable bonds is 12. The minimum Gasteiger partial charge on any atom is -0.394 e. The van der Waals surface area contributed by atoms with Crippen LogP contribution in [0.25, 0.3) is 0 Å². The Kier molecular flexibility index (Phi) is 8.86. The Morgan fingerprint density at radius 2 is 1.78 bits per heavy atom. The van der Waals surface area contributed by atoms with Crippen LogP contribution in [0.3, 0.4) is 0 Å². The molecule has 1 N–H and O–H groups in total. The van der Waals surface area contributed by atoms with Gasteiger partial charge < -0.3 is 24.5 Å². The number of amides is 3. The number of likely N-dealkylation sites (tertiary alicyclic amines) is 1. The zero-order valence-electron chi connectivity index (χ0n) is 25.3. The van der Waals surface area contributed by atoms with E-state index in [0.29, 0.717) is 45.3 Å². The SMILES string of the molecule is C=CCN(Cc1ccccc1)C(=O)[C@H]1[C@H]2C(=O)N([C@@H](CC)CO)C(C(=O)N(CC=C)C(C)(C)C)C23CC[C@]1(CC)O3. The van der Waals surface area contributed by atoms with E-state index in [9.17, 15) is 19.5 Å². The molecule has 3 aliphatic rings. The zero-order valence-corrected chi connectivity index (χ0v) is 25.3. The largest absolute Gasteiger partial charge is 0.394 e. The van der Waals surface area contributed by atoms with E-state index in [1.807, 2.05) is 65.0 Å². The molecule has 0 radical (unpaired) electrons. The van der Waals surface area contributed by atoms with E-state index in [0.717, 1.165) is 5.56 Å². The number of carbonyl (C=O) groups is 3. The standard InChI is InChI=1S/C33H47N3O5/c1-8-19-34(21-23-15-13-12-14-16-23)28(38)25-26-29(39)36(24(10-3)22-37)27(30(40)35(20-9-2)31(5,6)7)33(26)18-17-32(25,11-4)41-33/h8-9,12-16,24-27,37H,1-2,10-11,17-22H2,3-7H3/t24-,25+,26-,27?,32-,33?/m0/s1. The van der Waals surface area contributed by atoms with Crippen molar-refractivity contribution in [3.8, 4) is 0 Å². The molecule has 3 amide bonds. The van der Waals surface area contributed by atoms with Crippen molar-refractivity contribution in [2.75, 3.05) is 19.7 Å². The van der Waals surface area contributed by atoms with Crippen LogP contribution < -0.4 is 0 Å². The van der Waals surface area contributed by atoms with E-state index >= 15 is 0 Å². The predicted octanol–water partition coefficient (Wildman–Crippen LogP) is 3.94. The van der Waals surface area contributed by atoms with E-state index in [2.05, 4.69) is 13.2 Å². The van der Waals surface area contributed by atoms with Crippen LogP contribution in [0.2, 0.25) is 0 Å². The molecule has 8 nitrogen and oxygen atoms in total. The summed E-state index contributed by atoms with van der Waals surface area (Å²) in [5.74, 6) is -2.21. The Hall–Kier alpha value is -2.97. The van der Waals surface area contributed by atoms with Crippen LogP contribution in [-0.4, -0.2) is 86.0 Å². The van der Waals surface area contributed by atoms with Crippen LogP contribution in [0, 0.1) is 11.8 Å². The average Bonchev–Trinajstić information content (AvgIpc) is 3.55. The first-order valence-corrected chi connectivity index (χ1v) is 15.0. The van der Waals surface area contributed by atoms with Crippen LogP contribution in [-0.2, 0) is 25.7 Å². The lowest BCUT2D eigenvalue weighted by Gasteiger charge is -2.43. The van der Waals surface area contributed by atoms with Crippen LogP contribution in [0.5, 0.6) is 0 Å². The third-order valence-electron chi connectivity index (χ3n) is 9.46. The van der Waals surface area contributed by atoms with Gasteiger partial charge in [0.2, 0.25) is 17.7 Å². The topological polar surface area (TPSA) is 90.4 Å². The number of aliphatic hydroxyl groups excluding tert-OH is 1. The predicted molar refractivity (Wildman–Crippen MR) is 159 cm³/mol. The summed E-state index contributed by atoms with van der Waals surface area (Å²) in [6.45, 7) is 18.2. The molecule has 2 bridgehead atoms. The van der Waals surface area contributed by atoms with Crippen molar-refractivity contribution in [1.29, 1.82) is 0 Å². The smallest absolute Gasteiger partial charge is 0.249 e. The second-order valence-electron chi connectivity index (χ2n) is 12.7. The first kappa shape index (κ1) is 31.0. The van der Waals surface area contributed by atoms with Gasteiger partial charge in [0.15, 0.2) is 0 Å². The second kappa shape index (κ2) is 11.7. The summed E-state index contributed by atoms with van der Waals surface area (Å²) in [5.41, 5.74) is -1.55. The molecular formula is C33H47N3O5. The van der Waals surface area contributed by atoms with Crippen molar-refractivity contribution < 1.29 is 24.2 Å².